The molecular formula is C11H26N2O. The van der Waals surface area contributed by atoms with E-state index in [4.69, 9.17) is 0 Å². The Bertz CT molecular complexity index is 128. The van der Waals surface area contributed by atoms with Crippen LogP contribution in [0.25, 0.3) is 0 Å². The van der Waals surface area contributed by atoms with Gasteiger partial charge in [-0.25, -0.2) is 0 Å². The summed E-state index contributed by atoms with van der Waals surface area (Å²) < 4.78 is 0. The summed E-state index contributed by atoms with van der Waals surface area (Å²) in [6.45, 7) is 8.24. The summed E-state index contributed by atoms with van der Waals surface area (Å²) in [6.07, 6.45) is 1.87. The molecule has 0 saturated carbocycles. The first-order valence-electron chi connectivity index (χ1n) is 5.65. The van der Waals surface area contributed by atoms with Gasteiger partial charge >= 0.3 is 0 Å². The molecule has 0 fully saturated rings. The predicted molar refractivity (Wildman–Crippen MR) is 61.6 cm³/mol. The lowest BCUT2D eigenvalue weighted by Gasteiger charge is -2.23. The fourth-order valence-electron chi connectivity index (χ4n) is 1.42. The highest BCUT2D eigenvalue weighted by Crippen LogP contribution is 1.98. The maximum Gasteiger partial charge on any atom is 0.0664 e. The molecule has 0 amide bonds. The lowest BCUT2D eigenvalue weighted by atomic mass is 10.2. The summed E-state index contributed by atoms with van der Waals surface area (Å²) in [5, 5.41) is 9.52. The molecule has 0 aromatic heterocycles. The summed E-state index contributed by atoms with van der Waals surface area (Å²) in [5.74, 6) is 0. The summed E-state index contributed by atoms with van der Waals surface area (Å²) in [5.41, 5.74) is 0. The zero-order chi connectivity index (χ0) is 11.0. The second-order valence-electron chi connectivity index (χ2n) is 4.11. The third-order valence-electron chi connectivity index (χ3n) is 2.47. The molecular weight excluding hydrogens is 176 g/mol. The largest absolute Gasteiger partial charge is 0.392 e. The van der Waals surface area contributed by atoms with Gasteiger partial charge in [-0.2, -0.15) is 0 Å². The number of likely N-dealkylation sites (N-methyl/N-ethyl adjacent to an activating group) is 1. The molecule has 3 nitrogen and oxygen atoms in total. The van der Waals surface area contributed by atoms with Gasteiger partial charge in [-0.15, -0.1) is 0 Å². The second-order valence-corrected chi connectivity index (χ2v) is 4.11. The Balaban J connectivity index is 3.57. The average molecular weight is 202 g/mol. The first-order valence-corrected chi connectivity index (χ1v) is 5.65. The van der Waals surface area contributed by atoms with E-state index in [1.165, 1.54) is 6.42 Å². The number of aliphatic hydroxyl groups is 1. The number of hydrogen-bond donors (Lipinski definition) is 1. The molecule has 1 unspecified atom stereocenters. The molecule has 0 spiro atoms. The van der Waals surface area contributed by atoms with Gasteiger partial charge in [0.15, 0.2) is 0 Å². The van der Waals surface area contributed by atoms with Crippen molar-refractivity contribution in [1.82, 2.24) is 9.80 Å². The van der Waals surface area contributed by atoms with Gasteiger partial charge in [-0.1, -0.05) is 13.8 Å². The van der Waals surface area contributed by atoms with Crippen molar-refractivity contribution in [2.24, 2.45) is 0 Å². The van der Waals surface area contributed by atoms with E-state index in [0.29, 0.717) is 0 Å². The minimum absolute atomic E-state index is 0.158. The van der Waals surface area contributed by atoms with Crippen molar-refractivity contribution >= 4 is 0 Å². The standard InChI is InChI=1S/C11H26N2O/c1-5-11(14)10-13(6-2)9-7-8-12(3)4/h11,14H,5-10H2,1-4H3. The number of aliphatic hydroxyl groups excluding tert-OH is 1. The van der Waals surface area contributed by atoms with Crippen LogP contribution in [-0.2, 0) is 0 Å². The first kappa shape index (κ1) is 13.9. The molecule has 0 radical (unpaired) electrons. The van der Waals surface area contributed by atoms with Crippen molar-refractivity contribution in [3.63, 3.8) is 0 Å². The molecule has 3 heteroatoms. The van der Waals surface area contributed by atoms with Crippen molar-refractivity contribution in [3.8, 4) is 0 Å². The molecule has 14 heavy (non-hydrogen) atoms. The number of nitrogens with zero attached hydrogens (tertiary/aromatic N) is 2. The molecule has 0 rings (SSSR count). The van der Waals surface area contributed by atoms with Crippen LogP contribution in [0.1, 0.15) is 26.7 Å². The first-order chi connectivity index (χ1) is 6.60. The predicted octanol–water partition coefficient (Wildman–Crippen LogP) is 1.03. The molecule has 86 valence electrons. The summed E-state index contributed by atoms with van der Waals surface area (Å²) >= 11 is 0. The Kier molecular flexibility index (Phi) is 8.14. The van der Waals surface area contributed by atoms with Crippen molar-refractivity contribution in [1.29, 1.82) is 0 Å². The van der Waals surface area contributed by atoms with Crippen molar-refractivity contribution in [2.45, 2.75) is 32.8 Å². The van der Waals surface area contributed by atoms with Crippen molar-refractivity contribution in [2.75, 3.05) is 40.3 Å². The van der Waals surface area contributed by atoms with Crippen LogP contribution in [0.5, 0.6) is 0 Å². The van der Waals surface area contributed by atoms with Crippen LogP contribution in [0.15, 0.2) is 0 Å². The number of rotatable bonds is 8. The van der Waals surface area contributed by atoms with Gasteiger partial charge < -0.3 is 14.9 Å². The smallest absolute Gasteiger partial charge is 0.0664 e. The van der Waals surface area contributed by atoms with E-state index in [-0.39, 0.29) is 6.10 Å². The van der Waals surface area contributed by atoms with E-state index in [9.17, 15) is 5.11 Å². The van der Waals surface area contributed by atoms with Crippen LogP contribution in [0, 0.1) is 0 Å². The monoisotopic (exact) mass is 202 g/mol. The van der Waals surface area contributed by atoms with Gasteiger partial charge in [0.05, 0.1) is 6.10 Å². The van der Waals surface area contributed by atoms with Gasteiger partial charge in [-0.3, -0.25) is 0 Å². The topological polar surface area (TPSA) is 26.7 Å². The van der Waals surface area contributed by atoms with Gasteiger partial charge in [0.25, 0.3) is 0 Å². The Hall–Kier alpha value is -0.120. The van der Waals surface area contributed by atoms with Gasteiger partial charge in [0.1, 0.15) is 0 Å². The van der Waals surface area contributed by atoms with Gasteiger partial charge in [0, 0.05) is 6.54 Å². The van der Waals surface area contributed by atoms with Crippen LogP contribution in [0.3, 0.4) is 0 Å². The maximum atomic E-state index is 9.52. The molecule has 0 bridgehead atoms. The van der Waals surface area contributed by atoms with Crippen molar-refractivity contribution < 1.29 is 5.11 Å². The van der Waals surface area contributed by atoms with E-state index in [1.807, 2.05) is 6.92 Å². The molecule has 0 aromatic carbocycles. The Morgan fingerprint density at radius 2 is 1.79 bits per heavy atom. The lowest BCUT2D eigenvalue weighted by Crippen LogP contribution is -2.34. The molecule has 0 aliphatic rings. The average Bonchev–Trinajstić information content (AvgIpc) is 2.15. The van der Waals surface area contributed by atoms with Crippen LogP contribution < -0.4 is 0 Å². The summed E-state index contributed by atoms with van der Waals surface area (Å²) in [7, 11) is 4.19. The van der Waals surface area contributed by atoms with Gasteiger partial charge in [0.2, 0.25) is 0 Å². The fourth-order valence-corrected chi connectivity index (χ4v) is 1.42. The Morgan fingerprint density at radius 1 is 1.14 bits per heavy atom. The van der Waals surface area contributed by atoms with Crippen LogP contribution in [0.4, 0.5) is 0 Å². The minimum atomic E-state index is -0.158. The lowest BCUT2D eigenvalue weighted by molar-refractivity contribution is 0.110. The quantitative estimate of drug-likeness (QED) is 0.637. The summed E-state index contributed by atoms with van der Waals surface area (Å²) in [4.78, 5) is 4.52. The van der Waals surface area contributed by atoms with E-state index in [0.717, 1.165) is 32.6 Å². The Morgan fingerprint density at radius 3 is 2.21 bits per heavy atom. The highest BCUT2D eigenvalue weighted by atomic mass is 16.3. The highest BCUT2D eigenvalue weighted by molar-refractivity contribution is 4.62. The zero-order valence-electron chi connectivity index (χ0n) is 10.2. The third kappa shape index (κ3) is 7.30. The normalized spacial score (nSPS) is 13.9. The van der Waals surface area contributed by atoms with Crippen LogP contribution >= 0.6 is 0 Å². The molecule has 0 aromatic rings. The second kappa shape index (κ2) is 8.21. The zero-order valence-corrected chi connectivity index (χ0v) is 10.2. The molecule has 1 atom stereocenters. The van der Waals surface area contributed by atoms with Crippen LogP contribution in [-0.4, -0.2) is 61.3 Å². The highest BCUT2D eigenvalue weighted by Gasteiger charge is 2.07. The van der Waals surface area contributed by atoms with E-state index in [1.54, 1.807) is 0 Å². The van der Waals surface area contributed by atoms with E-state index in [2.05, 4.69) is 30.8 Å². The SMILES string of the molecule is CCC(O)CN(CC)CCCN(C)C. The molecule has 0 aliphatic carbocycles. The molecule has 1 N–H and O–H groups in total. The Labute approximate surface area is 88.7 Å². The molecule has 0 aliphatic heterocycles. The van der Waals surface area contributed by atoms with Gasteiger partial charge in [-0.05, 0) is 46.6 Å². The van der Waals surface area contributed by atoms with Crippen molar-refractivity contribution in [3.05, 3.63) is 0 Å². The van der Waals surface area contributed by atoms with E-state index >= 15 is 0 Å². The maximum absolute atomic E-state index is 9.52. The minimum Gasteiger partial charge on any atom is -0.392 e. The number of hydrogen-bond acceptors (Lipinski definition) is 3. The fraction of sp³-hybridized carbons (Fsp3) is 1.00. The summed E-state index contributed by atoms with van der Waals surface area (Å²) in [6, 6.07) is 0. The van der Waals surface area contributed by atoms with Crippen LogP contribution in [0.2, 0.25) is 0 Å². The molecule has 0 saturated heterocycles. The molecule has 0 heterocycles. The third-order valence-corrected chi connectivity index (χ3v) is 2.47. The van der Waals surface area contributed by atoms with E-state index < -0.39 is 0 Å².